The van der Waals surface area contributed by atoms with Gasteiger partial charge < -0.3 is 4.90 Å². The minimum atomic E-state index is -4.51. The smallest absolute Gasteiger partial charge is 0.321 e. The van der Waals surface area contributed by atoms with Gasteiger partial charge in [0.05, 0.1) is 18.7 Å². The number of likely N-dealkylation sites (tertiary alicyclic amines) is 1. The molecule has 1 heterocycles. The second kappa shape index (κ2) is 8.70. The number of rotatable bonds is 4. The van der Waals surface area contributed by atoms with E-state index in [2.05, 4.69) is 0 Å². The number of hydroxylamine groups is 1. The van der Waals surface area contributed by atoms with E-state index in [4.69, 9.17) is 5.21 Å². The minimum absolute atomic E-state index is 0.00132. The van der Waals surface area contributed by atoms with E-state index in [0.29, 0.717) is 5.56 Å². The van der Waals surface area contributed by atoms with Gasteiger partial charge in [-0.15, -0.1) is 0 Å². The largest absolute Gasteiger partial charge is 0.416 e. The third-order valence-corrected chi connectivity index (χ3v) is 4.80. The van der Waals surface area contributed by atoms with Gasteiger partial charge in [-0.05, 0) is 48.4 Å². The fourth-order valence-electron chi connectivity index (χ4n) is 3.17. The molecule has 0 aliphatic carbocycles. The zero-order valence-corrected chi connectivity index (χ0v) is 15.7. The van der Waals surface area contributed by atoms with Crippen molar-refractivity contribution in [3.05, 3.63) is 65.2 Å². The van der Waals surface area contributed by atoms with E-state index in [0.717, 1.165) is 12.1 Å². The van der Waals surface area contributed by atoms with E-state index in [-0.39, 0.29) is 37.3 Å². The number of nitrogens with zero attached hydrogens (tertiary/aromatic N) is 2. The first-order valence-corrected chi connectivity index (χ1v) is 9.10. The van der Waals surface area contributed by atoms with E-state index in [1.165, 1.54) is 39.5 Å². The van der Waals surface area contributed by atoms with Crippen LogP contribution in [-0.4, -0.2) is 41.3 Å². The maximum atomic E-state index is 13.6. The van der Waals surface area contributed by atoms with E-state index in [1.807, 2.05) is 0 Å². The van der Waals surface area contributed by atoms with Crippen molar-refractivity contribution in [2.75, 3.05) is 18.0 Å². The number of alkyl halides is 4. The van der Waals surface area contributed by atoms with E-state index < -0.39 is 29.8 Å². The molecule has 10 heteroatoms. The highest BCUT2D eigenvalue weighted by Gasteiger charge is 2.32. The van der Waals surface area contributed by atoms with Crippen LogP contribution >= 0.6 is 0 Å². The van der Waals surface area contributed by atoms with Crippen LogP contribution in [-0.2, 0) is 12.7 Å². The van der Waals surface area contributed by atoms with Crippen LogP contribution in [0.25, 0.3) is 0 Å². The van der Waals surface area contributed by atoms with Gasteiger partial charge in [-0.1, -0.05) is 12.1 Å². The Labute approximate surface area is 169 Å². The lowest BCUT2D eigenvalue weighted by Gasteiger charge is -2.28. The summed E-state index contributed by atoms with van der Waals surface area (Å²) in [6.07, 6.45) is -5.44. The molecule has 1 fully saturated rings. The highest BCUT2D eigenvalue weighted by Crippen LogP contribution is 2.31. The molecule has 0 unspecified atom stereocenters. The molecule has 1 aliphatic rings. The Morgan fingerprint density at radius 3 is 2.23 bits per heavy atom. The molecule has 0 saturated carbocycles. The van der Waals surface area contributed by atoms with Crippen LogP contribution in [0, 0.1) is 0 Å². The normalized spacial score (nSPS) is 16.4. The summed E-state index contributed by atoms with van der Waals surface area (Å²) in [6.45, 7) is 0.136. The van der Waals surface area contributed by atoms with Crippen LogP contribution in [0.1, 0.15) is 27.9 Å². The summed E-state index contributed by atoms with van der Waals surface area (Å²) in [5.41, 5.74) is 1.67. The summed E-state index contributed by atoms with van der Waals surface area (Å²) in [7, 11) is 0. The number of carbonyl (C=O) groups is 2. The first-order valence-electron chi connectivity index (χ1n) is 9.10. The lowest BCUT2D eigenvalue weighted by molar-refractivity contribution is -0.137. The third-order valence-electron chi connectivity index (χ3n) is 4.80. The fraction of sp³-hybridized carbons (Fsp3) is 0.300. The van der Waals surface area contributed by atoms with Crippen molar-refractivity contribution in [2.45, 2.75) is 25.3 Å². The summed E-state index contributed by atoms with van der Waals surface area (Å²) in [4.78, 5) is 27.0. The highest BCUT2D eigenvalue weighted by atomic mass is 19.4. The van der Waals surface area contributed by atoms with Crippen LogP contribution < -0.4 is 10.4 Å². The van der Waals surface area contributed by atoms with Crippen LogP contribution in [0.3, 0.4) is 0 Å². The minimum Gasteiger partial charge on any atom is -0.321 e. The SMILES string of the molecule is O=C(NO)c1ccc(CN(C(=O)N2CC[C@@H](F)C2)c2ccc(C(F)(F)F)cc2)cc1. The van der Waals surface area contributed by atoms with E-state index in [1.54, 1.807) is 12.1 Å². The maximum absolute atomic E-state index is 13.6. The Hall–Kier alpha value is -3.14. The van der Waals surface area contributed by atoms with Gasteiger partial charge in [-0.2, -0.15) is 13.2 Å². The first kappa shape index (κ1) is 21.6. The maximum Gasteiger partial charge on any atom is 0.416 e. The molecular formula is C20H19F4N3O3. The molecule has 30 heavy (non-hydrogen) atoms. The Balaban J connectivity index is 1.87. The van der Waals surface area contributed by atoms with Crippen LogP contribution in [0.4, 0.5) is 28.0 Å². The van der Waals surface area contributed by atoms with Crippen molar-refractivity contribution in [2.24, 2.45) is 0 Å². The molecule has 2 aromatic rings. The first-order chi connectivity index (χ1) is 14.2. The summed E-state index contributed by atoms with van der Waals surface area (Å²) in [6, 6.07) is 9.60. The van der Waals surface area contributed by atoms with Crippen molar-refractivity contribution in [3.63, 3.8) is 0 Å². The van der Waals surface area contributed by atoms with E-state index in [9.17, 15) is 27.2 Å². The van der Waals surface area contributed by atoms with Crippen LogP contribution in [0.15, 0.2) is 48.5 Å². The van der Waals surface area contributed by atoms with Crippen molar-refractivity contribution < 1.29 is 32.4 Å². The molecule has 160 valence electrons. The summed E-state index contributed by atoms with van der Waals surface area (Å²) in [5.74, 6) is -0.705. The molecule has 2 N–H and O–H groups in total. The monoisotopic (exact) mass is 425 g/mol. The Bertz CT molecular complexity index is 901. The van der Waals surface area contributed by atoms with Gasteiger partial charge in [0.15, 0.2) is 0 Å². The number of nitrogens with one attached hydrogen (secondary N) is 1. The zero-order chi connectivity index (χ0) is 21.9. The molecule has 0 bridgehead atoms. The van der Waals surface area contributed by atoms with Crippen molar-refractivity contribution in [1.82, 2.24) is 10.4 Å². The van der Waals surface area contributed by atoms with Gasteiger partial charge in [0.1, 0.15) is 6.17 Å². The topological polar surface area (TPSA) is 72.9 Å². The Morgan fingerprint density at radius 1 is 1.10 bits per heavy atom. The van der Waals surface area contributed by atoms with Gasteiger partial charge in [-0.3, -0.25) is 14.9 Å². The molecular weight excluding hydrogens is 406 g/mol. The van der Waals surface area contributed by atoms with Crippen molar-refractivity contribution in [1.29, 1.82) is 0 Å². The lowest BCUT2D eigenvalue weighted by Crippen LogP contribution is -2.42. The molecule has 2 aromatic carbocycles. The number of amides is 3. The molecule has 0 spiro atoms. The quantitative estimate of drug-likeness (QED) is 0.442. The zero-order valence-electron chi connectivity index (χ0n) is 15.7. The van der Waals surface area contributed by atoms with Crippen molar-refractivity contribution in [3.8, 4) is 0 Å². The van der Waals surface area contributed by atoms with Gasteiger partial charge in [0.25, 0.3) is 5.91 Å². The number of carbonyl (C=O) groups excluding carboxylic acids is 2. The average Bonchev–Trinajstić information content (AvgIpc) is 3.17. The Kier molecular flexibility index (Phi) is 6.25. The molecule has 1 atom stereocenters. The number of urea groups is 1. The molecule has 0 aromatic heterocycles. The number of benzene rings is 2. The Morgan fingerprint density at radius 2 is 1.73 bits per heavy atom. The molecule has 1 aliphatic heterocycles. The summed E-state index contributed by atoms with van der Waals surface area (Å²) < 4.78 is 52.2. The van der Waals surface area contributed by atoms with Crippen molar-refractivity contribution >= 4 is 17.6 Å². The van der Waals surface area contributed by atoms with Gasteiger partial charge in [0.2, 0.25) is 0 Å². The highest BCUT2D eigenvalue weighted by molar-refractivity contribution is 5.94. The van der Waals surface area contributed by atoms with Gasteiger partial charge >= 0.3 is 12.2 Å². The van der Waals surface area contributed by atoms with E-state index >= 15 is 0 Å². The second-order valence-corrected chi connectivity index (χ2v) is 6.88. The number of hydrogen-bond acceptors (Lipinski definition) is 3. The number of anilines is 1. The van der Waals surface area contributed by atoms with Crippen LogP contribution in [0.5, 0.6) is 0 Å². The third kappa shape index (κ3) is 4.88. The molecule has 6 nitrogen and oxygen atoms in total. The number of hydrogen-bond donors (Lipinski definition) is 2. The lowest BCUT2D eigenvalue weighted by atomic mass is 10.1. The molecule has 0 radical (unpaired) electrons. The summed E-state index contributed by atoms with van der Waals surface area (Å²) >= 11 is 0. The molecule has 1 saturated heterocycles. The second-order valence-electron chi connectivity index (χ2n) is 6.88. The standard InChI is InChI=1S/C20H19F4N3O3/c21-16-9-10-26(12-16)19(29)27(17-7-5-15(6-8-17)20(22,23)24)11-13-1-3-14(4-2-13)18(28)25-30/h1-8,16,30H,9-12H2,(H,25,28)/t16-/m1/s1. The molecule has 3 amide bonds. The number of halogens is 4. The van der Waals surface area contributed by atoms with Gasteiger partial charge in [-0.25, -0.2) is 14.7 Å². The molecule has 3 rings (SSSR count). The average molecular weight is 425 g/mol. The van der Waals surface area contributed by atoms with Crippen LogP contribution in [0.2, 0.25) is 0 Å². The van der Waals surface area contributed by atoms with Gasteiger partial charge in [0, 0.05) is 17.8 Å². The predicted molar refractivity (Wildman–Crippen MR) is 99.8 cm³/mol. The summed E-state index contributed by atoms with van der Waals surface area (Å²) in [5, 5.41) is 8.68. The predicted octanol–water partition coefficient (Wildman–Crippen LogP) is 3.99. The fourth-order valence-corrected chi connectivity index (χ4v) is 3.17.